The van der Waals surface area contributed by atoms with Gasteiger partial charge >= 0.3 is 0 Å². The van der Waals surface area contributed by atoms with Crippen LogP contribution < -0.4 is 0 Å². The first-order chi connectivity index (χ1) is 6.07. The first kappa shape index (κ1) is 9.79. The topological polar surface area (TPSA) is 60.2 Å². The molecule has 0 fully saturated rings. The molecule has 0 saturated heterocycles. The Balaban J connectivity index is 3.39. The van der Waals surface area contributed by atoms with Crippen LogP contribution in [0.2, 0.25) is 0 Å². The van der Waals surface area contributed by atoms with Gasteiger partial charge in [0.25, 0.3) is 5.69 Å². The second-order valence-corrected chi connectivity index (χ2v) is 2.97. The Bertz CT molecular complexity index is 380. The van der Waals surface area contributed by atoms with E-state index in [1.54, 1.807) is 0 Å². The van der Waals surface area contributed by atoms with Crippen molar-refractivity contribution in [3.8, 4) is 0 Å². The van der Waals surface area contributed by atoms with Gasteiger partial charge in [0, 0.05) is 6.07 Å². The third-order valence-electron chi connectivity index (χ3n) is 1.42. The van der Waals surface area contributed by atoms with Gasteiger partial charge in [0.15, 0.2) is 12.1 Å². The van der Waals surface area contributed by atoms with E-state index in [2.05, 4.69) is 15.9 Å². The van der Waals surface area contributed by atoms with Crippen LogP contribution in [-0.4, -0.2) is 11.2 Å². The lowest BCUT2D eigenvalue weighted by Crippen LogP contribution is -1.95. The molecule has 0 aliphatic heterocycles. The summed E-state index contributed by atoms with van der Waals surface area (Å²) >= 11 is 2.70. The largest absolute Gasteiger partial charge is 0.298 e. The molecule has 0 saturated carbocycles. The predicted molar refractivity (Wildman–Crippen MR) is 46.1 cm³/mol. The maximum absolute atomic E-state index is 13.0. The number of carbonyl (C=O) groups excluding carboxylic acids is 1. The Kier molecular flexibility index (Phi) is 2.72. The number of halogens is 2. The van der Waals surface area contributed by atoms with Crippen LogP contribution in [0.25, 0.3) is 0 Å². The summed E-state index contributed by atoms with van der Waals surface area (Å²) < 4.78 is 12.7. The normalized spacial score (nSPS) is 9.69. The van der Waals surface area contributed by atoms with Gasteiger partial charge < -0.3 is 0 Å². The maximum Gasteiger partial charge on any atom is 0.286 e. The number of benzene rings is 1. The summed E-state index contributed by atoms with van der Waals surface area (Å²) in [6.45, 7) is 0. The van der Waals surface area contributed by atoms with E-state index in [-0.39, 0.29) is 10.0 Å². The van der Waals surface area contributed by atoms with Crippen molar-refractivity contribution in [2.75, 3.05) is 0 Å². The van der Waals surface area contributed by atoms with Gasteiger partial charge in [-0.15, -0.1) is 0 Å². The van der Waals surface area contributed by atoms with Gasteiger partial charge in [-0.25, -0.2) is 4.39 Å². The Morgan fingerprint density at radius 3 is 2.62 bits per heavy atom. The van der Waals surface area contributed by atoms with Crippen molar-refractivity contribution in [3.05, 3.63) is 38.1 Å². The molecule has 0 aliphatic rings. The standard InChI is InChI=1S/C7H3BrFNO3/c8-6-5(10(12)13)2-1-4(3-11)7(6)9/h1-3H. The van der Waals surface area contributed by atoms with Crippen molar-refractivity contribution in [1.29, 1.82) is 0 Å². The van der Waals surface area contributed by atoms with Crippen LogP contribution >= 0.6 is 15.9 Å². The van der Waals surface area contributed by atoms with Crippen LogP contribution in [0.4, 0.5) is 10.1 Å². The van der Waals surface area contributed by atoms with Crippen molar-refractivity contribution >= 4 is 27.9 Å². The highest BCUT2D eigenvalue weighted by molar-refractivity contribution is 9.10. The average Bonchev–Trinajstić information content (AvgIpc) is 2.09. The monoisotopic (exact) mass is 247 g/mol. The predicted octanol–water partition coefficient (Wildman–Crippen LogP) is 2.31. The highest BCUT2D eigenvalue weighted by atomic mass is 79.9. The van der Waals surface area contributed by atoms with Crippen molar-refractivity contribution in [1.82, 2.24) is 0 Å². The lowest BCUT2D eigenvalue weighted by atomic mass is 10.2. The minimum atomic E-state index is -0.913. The molecule has 0 aliphatic carbocycles. The molecule has 68 valence electrons. The number of rotatable bonds is 2. The zero-order chi connectivity index (χ0) is 10.0. The number of carbonyl (C=O) groups is 1. The molecule has 0 spiro atoms. The molecule has 0 N–H and O–H groups in total. The molecule has 6 heteroatoms. The molecule has 1 aromatic carbocycles. The summed E-state index contributed by atoms with van der Waals surface area (Å²) in [5.74, 6) is -0.913. The van der Waals surface area contributed by atoms with Crippen molar-refractivity contribution in [2.45, 2.75) is 0 Å². The molecule has 0 amide bonds. The molecule has 0 aromatic heterocycles. The second kappa shape index (κ2) is 3.61. The fourth-order valence-electron chi connectivity index (χ4n) is 0.786. The van der Waals surface area contributed by atoms with Crippen molar-refractivity contribution in [2.24, 2.45) is 0 Å². The smallest absolute Gasteiger partial charge is 0.286 e. The first-order valence-corrected chi connectivity index (χ1v) is 3.94. The van der Waals surface area contributed by atoms with Gasteiger partial charge in [-0.1, -0.05) is 0 Å². The number of nitro benzene ring substituents is 1. The van der Waals surface area contributed by atoms with Gasteiger partial charge in [0.05, 0.1) is 10.5 Å². The van der Waals surface area contributed by atoms with Crippen LogP contribution in [0.5, 0.6) is 0 Å². The van der Waals surface area contributed by atoms with E-state index in [1.807, 2.05) is 0 Å². The lowest BCUT2D eigenvalue weighted by molar-refractivity contribution is -0.385. The summed E-state index contributed by atoms with van der Waals surface area (Å²) in [7, 11) is 0. The maximum atomic E-state index is 13.0. The van der Waals surface area contributed by atoms with Gasteiger partial charge in [0.2, 0.25) is 0 Å². The van der Waals surface area contributed by atoms with Crippen LogP contribution in [0.15, 0.2) is 16.6 Å². The summed E-state index contributed by atoms with van der Waals surface area (Å²) in [6, 6.07) is 2.13. The molecule has 0 heterocycles. The summed E-state index contributed by atoms with van der Waals surface area (Å²) in [4.78, 5) is 19.8. The van der Waals surface area contributed by atoms with Crippen LogP contribution in [-0.2, 0) is 0 Å². The number of hydrogen-bond acceptors (Lipinski definition) is 3. The van der Waals surface area contributed by atoms with E-state index in [1.165, 1.54) is 0 Å². The Morgan fingerprint density at radius 1 is 1.54 bits per heavy atom. The third kappa shape index (κ3) is 1.72. The SMILES string of the molecule is O=Cc1ccc([N+](=O)[O-])c(Br)c1F. The molecule has 1 rings (SSSR count). The lowest BCUT2D eigenvalue weighted by Gasteiger charge is -1.98. The van der Waals surface area contributed by atoms with E-state index in [4.69, 9.17) is 0 Å². The summed E-state index contributed by atoms with van der Waals surface area (Å²) in [5, 5.41) is 10.3. The second-order valence-electron chi connectivity index (χ2n) is 2.18. The van der Waals surface area contributed by atoms with E-state index in [0.717, 1.165) is 12.1 Å². The molecule has 0 atom stereocenters. The highest BCUT2D eigenvalue weighted by Gasteiger charge is 2.18. The van der Waals surface area contributed by atoms with Crippen LogP contribution in [0.1, 0.15) is 10.4 Å². The van der Waals surface area contributed by atoms with Gasteiger partial charge in [-0.3, -0.25) is 14.9 Å². The molecule has 0 unspecified atom stereocenters. The van der Waals surface area contributed by atoms with E-state index in [9.17, 15) is 19.3 Å². The van der Waals surface area contributed by atoms with E-state index in [0.29, 0.717) is 6.29 Å². The number of aldehydes is 1. The van der Waals surface area contributed by atoms with Gasteiger partial charge in [0.1, 0.15) is 4.47 Å². The number of nitro groups is 1. The highest BCUT2D eigenvalue weighted by Crippen LogP contribution is 2.28. The number of nitrogens with zero attached hydrogens (tertiary/aromatic N) is 1. The quantitative estimate of drug-likeness (QED) is 0.458. The van der Waals surface area contributed by atoms with Crippen molar-refractivity contribution < 1.29 is 14.1 Å². The summed E-state index contributed by atoms with van der Waals surface area (Å²) in [5.41, 5.74) is -0.611. The molecule has 0 bridgehead atoms. The van der Waals surface area contributed by atoms with E-state index < -0.39 is 16.4 Å². The number of hydrogen-bond donors (Lipinski definition) is 0. The molecule has 0 radical (unpaired) electrons. The first-order valence-electron chi connectivity index (χ1n) is 3.15. The molecular formula is C7H3BrFNO3. The Morgan fingerprint density at radius 2 is 2.15 bits per heavy atom. The zero-order valence-corrected chi connectivity index (χ0v) is 7.75. The van der Waals surface area contributed by atoms with Gasteiger partial charge in [-0.2, -0.15) is 0 Å². The third-order valence-corrected chi connectivity index (χ3v) is 2.17. The Hall–Kier alpha value is -1.30. The summed E-state index contributed by atoms with van der Waals surface area (Å²) in [6.07, 6.45) is 0.295. The molecular weight excluding hydrogens is 245 g/mol. The molecule has 4 nitrogen and oxygen atoms in total. The minimum Gasteiger partial charge on any atom is -0.298 e. The Labute approximate surface area is 80.6 Å². The fourth-order valence-corrected chi connectivity index (χ4v) is 1.29. The van der Waals surface area contributed by atoms with E-state index >= 15 is 0 Å². The van der Waals surface area contributed by atoms with Crippen molar-refractivity contribution in [3.63, 3.8) is 0 Å². The average molecular weight is 248 g/mol. The molecule has 13 heavy (non-hydrogen) atoms. The van der Waals surface area contributed by atoms with Crippen LogP contribution in [0, 0.1) is 15.9 Å². The minimum absolute atomic E-state index is 0.211. The fraction of sp³-hybridized carbons (Fsp3) is 0. The van der Waals surface area contributed by atoms with Crippen LogP contribution in [0.3, 0.4) is 0 Å². The molecule has 1 aromatic rings. The zero-order valence-electron chi connectivity index (χ0n) is 6.16. The van der Waals surface area contributed by atoms with Gasteiger partial charge in [-0.05, 0) is 22.0 Å².